The van der Waals surface area contributed by atoms with Crippen molar-refractivity contribution in [3.63, 3.8) is 0 Å². The molecule has 31 heavy (non-hydrogen) atoms. The summed E-state index contributed by atoms with van der Waals surface area (Å²) in [6, 6.07) is 16.3. The first-order chi connectivity index (χ1) is 15.0. The van der Waals surface area contributed by atoms with Gasteiger partial charge in [0.1, 0.15) is 5.75 Å². The Labute approximate surface area is 182 Å². The Morgan fingerprint density at radius 3 is 2.55 bits per heavy atom. The van der Waals surface area contributed by atoms with Gasteiger partial charge in [-0.05, 0) is 50.2 Å². The van der Waals surface area contributed by atoms with E-state index in [2.05, 4.69) is 53.2 Å². The molecule has 1 saturated heterocycles. The topological polar surface area (TPSA) is 71.7 Å². The van der Waals surface area contributed by atoms with E-state index in [1.807, 2.05) is 29.2 Å². The molecule has 1 unspecified atom stereocenters. The number of carbonyl (C=O) groups is 1. The standard InChI is InChI=1S/C24H28N4O3/c1-17-4-8-20(9-5-17)28-15-14-27(16-18(28)2)23(29)13-12-22-25-24(26-31-22)19-6-10-21(30-3)11-7-19/h4-11,18H,12-16H2,1-3H3. The second-order valence-corrected chi connectivity index (χ2v) is 7.96. The minimum Gasteiger partial charge on any atom is -0.497 e. The van der Waals surface area contributed by atoms with E-state index < -0.39 is 0 Å². The number of carbonyl (C=O) groups excluding carboxylic acids is 1. The number of aromatic nitrogens is 2. The molecule has 2 heterocycles. The van der Waals surface area contributed by atoms with Crippen LogP contribution in [0.5, 0.6) is 5.75 Å². The molecule has 4 rings (SSSR count). The zero-order valence-corrected chi connectivity index (χ0v) is 18.2. The summed E-state index contributed by atoms with van der Waals surface area (Å²) in [5, 5.41) is 4.04. The second kappa shape index (κ2) is 9.20. The Morgan fingerprint density at radius 2 is 1.87 bits per heavy atom. The first-order valence-corrected chi connectivity index (χ1v) is 10.6. The molecule has 0 bridgehead atoms. The number of methoxy groups -OCH3 is 1. The van der Waals surface area contributed by atoms with Gasteiger partial charge in [-0.2, -0.15) is 4.98 Å². The van der Waals surface area contributed by atoms with Gasteiger partial charge in [-0.15, -0.1) is 0 Å². The van der Waals surface area contributed by atoms with Crippen LogP contribution in [0.2, 0.25) is 0 Å². The van der Waals surface area contributed by atoms with Crippen molar-refractivity contribution in [3.05, 3.63) is 60.0 Å². The van der Waals surface area contributed by atoms with Crippen LogP contribution in [0, 0.1) is 6.92 Å². The number of benzene rings is 2. The molecule has 0 N–H and O–H groups in total. The van der Waals surface area contributed by atoms with E-state index in [-0.39, 0.29) is 11.9 Å². The number of hydrogen-bond donors (Lipinski definition) is 0. The molecule has 1 fully saturated rings. The first-order valence-electron chi connectivity index (χ1n) is 10.6. The normalized spacial score (nSPS) is 16.4. The van der Waals surface area contributed by atoms with Gasteiger partial charge in [-0.1, -0.05) is 22.9 Å². The third-order valence-electron chi connectivity index (χ3n) is 5.71. The van der Waals surface area contributed by atoms with Gasteiger partial charge >= 0.3 is 0 Å². The fourth-order valence-corrected chi connectivity index (χ4v) is 3.89. The molecule has 1 atom stereocenters. The highest BCUT2D eigenvalue weighted by atomic mass is 16.5. The molecular formula is C24H28N4O3. The van der Waals surface area contributed by atoms with E-state index in [0.717, 1.165) is 24.4 Å². The van der Waals surface area contributed by atoms with Crippen LogP contribution in [0.15, 0.2) is 53.1 Å². The fourth-order valence-electron chi connectivity index (χ4n) is 3.89. The quantitative estimate of drug-likeness (QED) is 0.605. The molecule has 2 aromatic carbocycles. The Kier molecular flexibility index (Phi) is 6.21. The lowest BCUT2D eigenvalue weighted by Crippen LogP contribution is -2.53. The third-order valence-corrected chi connectivity index (χ3v) is 5.71. The van der Waals surface area contributed by atoms with E-state index in [1.54, 1.807) is 7.11 Å². The molecule has 162 valence electrons. The molecule has 1 aromatic heterocycles. The number of hydrogen-bond acceptors (Lipinski definition) is 6. The lowest BCUT2D eigenvalue weighted by Gasteiger charge is -2.41. The SMILES string of the molecule is COc1ccc(-c2noc(CCC(=O)N3CCN(c4ccc(C)cc4)C(C)C3)n2)cc1. The van der Waals surface area contributed by atoms with Gasteiger partial charge < -0.3 is 19.1 Å². The monoisotopic (exact) mass is 420 g/mol. The van der Waals surface area contributed by atoms with Crippen molar-refractivity contribution in [2.45, 2.75) is 32.7 Å². The maximum absolute atomic E-state index is 12.8. The van der Waals surface area contributed by atoms with Crippen LogP contribution in [-0.2, 0) is 11.2 Å². The zero-order chi connectivity index (χ0) is 21.8. The molecule has 0 radical (unpaired) electrons. The van der Waals surface area contributed by atoms with Gasteiger partial charge in [0.2, 0.25) is 17.6 Å². The highest BCUT2D eigenvalue weighted by Gasteiger charge is 2.27. The Hall–Kier alpha value is -3.35. The highest BCUT2D eigenvalue weighted by Crippen LogP contribution is 2.22. The van der Waals surface area contributed by atoms with E-state index in [1.165, 1.54) is 11.3 Å². The molecule has 3 aromatic rings. The molecule has 0 aliphatic carbocycles. The molecule has 7 nitrogen and oxygen atoms in total. The number of anilines is 1. The van der Waals surface area contributed by atoms with Crippen molar-refractivity contribution >= 4 is 11.6 Å². The summed E-state index contributed by atoms with van der Waals surface area (Å²) in [6.45, 7) is 6.52. The summed E-state index contributed by atoms with van der Waals surface area (Å²) in [7, 11) is 1.63. The maximum Gasteiger partial charge on any atom is 0.227 e. The van der Waals surface area contributed by atoms with Gasteiger partial charge in [0, 0.05) is 49.8 Å². The van der Waals surface area contributed by atoms with Crippen molar-refractivity contribution in [2.24, 2.45) is 0 Å². The lowest BCUT2D eigenvalue weighted by molar-refractivity contribution is -0.132. The number of rotatable bonds is 6. The predicted molar refractivity (Wildman–Crippen MR) is 119 cm³/mol. The minimum absolute atomic E-state index is 0.125. The van der Waals surface area contributed by atoms with Gasteiger partial charge in [-0.25, -0.2) is 0 Å². The summed E-state index contributed by atoms with van der Waals surface area (Å²) in [4.78, 5) is 21.5. The summed E-state index contributed by atoms with van der Waals surface area (Å²) < 4.78 is 10.5. The zero-order valence-electron chi connectivity index (χ0n) is 18.2. The van der Waals surface area contributed by atoms with Crippen molar-refractivity contribution in [1.29, 1.82) is 0 Å². The van der Waals surface area contributed by atoms with Crippen molar-refractivity contribution in [2.75, 3.05) is 31.6 Å². The number of aryl methyl sites for hydroxylation is 2. The maximum atomic E-state index is 12.8. The summed E-state index contributed by atoms with van der Waals surface area (Å²) in [5.74, 6) is 1.89. The van der Waals surface area contributed by atoms with E-state index >= 15 is 0 Å². The molecule has 1 aliphatic rings. The average Bonchev–Trinajstić information content (AvgIpc) is 3.27. The van der Waals surface area contributed by atoms with Crippen LogP contribution < -0.4 is 9.64 Å². The van der Waals surface area contributed by atoms with E-state index in [9.17, 15) is 4.79 Å². The molecule has 1 amide bonds. The number of piperazine rings is 1. The van der Waals surface area contributed by atoms with E-state index in [4.69, 9.17) is 9.26 Å². The minimum atomic E-state index is 0.125. The largest absolute Gasteiger partial charge is 0.497 e. The number of ether oxygens (including phenoxy) is 1. The molecule has 0 spiro atoms. The van der Waals surface area contributed by atoms with Crippen LogP contribution in [0.4, 0.5) is 5.69 Å². The molecule has 0 saturated carbocycles. The molecule has 7 heteroatoms. The third kappa shape index (κ3) is 4.87. The average molecular weight is 421 g/mol. The van der Waals surface area contributed by atoms with Gasteiger partial charge in [0.25, 0.3) is 0 Å². The van der Waals surface area contributed by atoms with Gasteiger partial charge in [-0.3, -0.25) is 4.79 Å². The van der Waals surface area contributed by atoms with Gasteiger partial charge in [0.15, 0.2) is 0 Å². The van der Waals surface area contributed by atoms with Crippen molar-refractivity contribution in [3.8, 4) is 17.1 Å². The lowest BCUT2D eigenvalue weighted by atomic mass is 10.1. The molecular weight excluding hydrogens is 392 g/mol. The smallest absolute Gasteiger partial charge is 0.227 e. The van der Waals surface area contributed by atoms with Crippen molar-refractivity contribution < 1.29 is 14.1 Å². The Bertz CT molecular complexity index is 1010. The number of nitrogens with zero attached hydrogens (tertiary/aromatic N) is 4. The van der Waals surface area contributed by atoms with E-state index in [0.29, 0.717) is 31.1 Å². The summed E-state index contributed by atoms with van der Waals surface area (Å²) in [6.07, 6.45) is 0.802. The summed E-state index contributed by atoms with van der Waals surface area (Å²) >= 11 is 0. The second-order valence-electron chi connectivity index (χ2n) is 7.96. The summed E-state index contributed by atoms with van der Waals surface area (Å²) in [5.41, 5.74) is 3.31. The van der Waals surface area contributed by atoms with Crippen LogP contribution in [0.3, 0.4) is 0 Å². The Morgan fingerprint density at radius 1 is 1.13 bits per heavy atom. The highest BCUT2D eigenvalue weighted by molar-refractivity contribution is 5.76. The predicted octanol–water partition coefficient (Wildman–Crippen LogP) is 3.72. The van der Waals surface area contributed by atoms with Crippen LogP contribution in [-0.4, -0.2) is 53.7 Å². The van der Waals surface area contributed by atoms with Gasteiger partial charge in [0.05, 0.1) is 7.11 Å². The van der Waals surface area contributed by atoms with Crippen LogP contribution >= 0.6 is 0 Å². The Balaban J connectivity index is 1.30. The van der Waals surface area contributed by atoms with Crippen LogP contribution in [0.25, 0.3) is 11.4 Å². The number of amides is 1. The van der Waals surface area contributed by atoms with Crippen LogP contribution in [0.1, 0.15) is 24.8 Å². The van der Waals surface area contributed by atoms with Crippen molar-refractivity contribution in [1.82, 2.24) is 15.0 Å². The molecule has 1 aliphatic heterocycles. The first kappa shape index (κ1) is 20.9. The fraction of sp³-hybridized carbons (Fsp3) is 0.375.